The molecule has 3 amide bonds. The summed E-state index contributed by atoms with van der Waals surface area (Å²) in [6.07, 6.45) is 1.45. The van der Waals surface area contributed by atoms with E-state index in [-0.39, 0.29) is 41.7 Å². The summed E-state index contributed by atoms with van der Waals surface area (Å²) in [5.41, 5.74) is 0.827. The highest BCUT2D eigenvalue weighted by molar-refractivity contribution is 5.89. The van der Waals surface area contributed by atoms with Crippen LogP contribution in [0.5, 0.6) is 17.2 Å². The van der Waals surface area contributed by atoms with E-state index < -0.39 is 17.7 Å². The van der Waals surface area contributed by atoms with Gasteiger partial charge in [0.25, 0.3) is 0 Å². The van der Waals surface area contributed by atoms with Gasteiger partial charge >= 0.3 is 6.03 Å². The Hall–Kier alpha value is -4.21. The lowest BCUT2D eigenvalue weighted by atomic mass is 10.0. The molecule has 0 saturated heterocycles. The van der Waals surface area contributed by atoms with Gasteiger partial charge in [0.15, 0.2) is 11.6 Å². The number of nitrogens with zero attached hydrogens (tertiary/aromatic N) is 1. The van der Waals surface area contributed by atoms with Gasteiger partial charge in [-0.05, 0) is 48.5 Å². The summed E-state index contributed by atoms with van der Waals surface area (Å²) in [7, 11) is 0. The van der Waals surface area contributed by atoms with Crippen LogP contribution in [-0.2, 0) is 4.79 Å². The molecule has 1 aliphatic carbocycles. The zero-order valence-corrected chi connectivity index (χ0v) is 18.0. The van der Waals surface area contributed by atoms with Gasteiger partial charge in [-0.3, -0.25) is 10.1 Å². The van der Waals surface area contributed by atoms with Crippen LogP contribution in [0, 0.1) is 17.6 Å². The Morgan fingerprint density at radius 1 is 1.00 bits per heavy atom. The topological polar surface area (TPSA) is 102 Å². The van der Waals surface area contributed by atoms with Crippen molar-refractivity contribution in [2.24, 2.45) is 5.92 Å². The van der Waals surface area contributed by atoms with Gasteiger partial charge in [0.05, 0.1) is 12.8 Å². The molecule has 2 heterocycles. The van der Waals surface area contributed by atoms with E-state index in [1.807, 2.05) is 0 Å². The molecule has 2 aromatic carbocycles. The van der Waals surface area contributed by atoms with Gasteiger partial charge in [-0.2, -0.15) is 0 Å². The fourth-order valence-corrected chi connectivity index (χ4v) is 4.12. The monoisotopic (exact) mass is 466 g/mol. The van der Waals surface area contributed by atoms with Crippen molar-refractivity contribution >= 4 is 23.4 Å². The van der Waals surface area contributed by atoms with E-state index in [2.05, 4.69) is 20.9 Å². The standard InChI is InChI=1S/C24H20F2N4O4/c1-12(31)28-13-2-4-14(5-3-13)34-15-6-9-19(27-10-15)29-24(32)30-22-16-11-33-23-18(26)8-7-17(25)21(23)20(16)22/h2-10,16,20,22H,11H2,1H3,(H,28,31)(H2,27,29,30,32)/t16-,20-,22+/m0/s1. The highest BCUT2D eigenvalue weighted by Gasteiger charge is 2.57. The van der Waals surface area contributed by atoms with Crippen LogP contribution in [0.15, 0.2) is 54.7 Å². The summed E-state index contributed by atoms with van der Waals surface area (Å²) < 4.78 is 39.2. The second-order valence-electron chi connectivity index (χ2n) is 8.08. The molecule has 3 atom stereocenters. The second-order valence-corrected chi connectivity index (χ2v) is 8.08. The molecular weight excluding hydrogens is 446 g/mol. The number of carbonyl (C=O) groups excluding carboxylic acids is 2. The summed E-state index contributed by atoms with van der Waals surface area (Å²) in [6, 6.07) is 11.3. The van der Waals surface area contributed by atoms with Gasteiger partial charge in [0, 0.05) is 36.1 Å². The van der Waals surface area contributed by atoms with Crippen LogP contribution in [-0.4, -0.2) is 29.6 Å². The highest BCUT2D eigenvalue weighted by atomic mass is 19.1. The molecule has 1 saturated carbocycles. The molecule has 0 spiro atoms. The Balaban J connectivity index is 1.16. The molecule has 174 valence electrons. The van der Waals surface area contributed by atoms with Crippen LogP contribution in [0.3, 0.4) is 0 Å². The molecule has 0 radical (unpaired) electrons. The van der Waals surface area contributed by atoms with Crippen molar-refractivity contribution in [2.75, 3.05) is 17.2 Å². The normalized spacial score (nSPS) is 19.7. The minimum Gasteiger partial charge on any atom is -0.490 e. The number of amides is 3. The third kappa shape index (κ3) is 4.34. The van der Waals surface area contributed by atoms with Crippen molar-refractivity contribution in [1.29, 1.82) is 0 Å². The molecule has 5 rings (SSSR count). The number of nitrogens with one attached hydrogen (secondary N) is 3. The van der Waals surface area contributed by atoms with E-state index in [0.29, 0.717) is 23.0 Å². The number of fused-ring (bicyclic) bond motifs is 3. The highest BCUT2D eigenvalue weighted by Crippen LogP contribution is 2.55. The Kier molecular flexibility index (Phi) is 5.48. The fourth-order valence-electron chi connectivity index (χ4n) is 4.12. The zero-order valence-electron chi connectivity index (χ0n) is 18.0. The van der Waals surface area contributed by atoms with Crippen molar-refractivity contribution in [1.82, 2.24) is 10.3 Å². The molecule has 2 aliphatic rings. The molecule has 10 heteroatoms. The van der Waals surface area contributed by atoms with E-state index >= 15 is 0 Å². The minimum atomic E-state index is -0.611. The lowest BCUT2D eigenvalue weighted by Crippen LogP contribution is -2.32. The predicted molar refractivity (Wildman–Crippen MR) is 119 cm³/mol. The van der Waals surface area contributed by atoms with Gasteiger partial charge in [-0.15, -0.1) is 0 Å². The lowest BCUT2D eigenvalue weighted by molar-refractivity contribution is -0.114. The summed E-state index contributed by atoms with van der Waals surface area (Å²) in [5.74, 6) is -0.533. The third-order valence-corrected chi connectivity index (χ3v) is 5.70. The number of hydrogen-bond acceptors (Lipinski definition) is 5. The second kappa shape index (κ2) is 8.62. The molecule has 1 aromatic heterocycles. The van der Waals surface area contributed by atoms with Crippen molar-refractivity contribution < 1.29 is 27.8 Å². The lowest BCUT2D eigenvalue weighted by Gasteiger charge is -2.16. The van der Waals surface area contributed by atoms with Gasteiger partial charge < -0.3 is 20.1 Å². The number of carbonyl (C=O) groups is 2. The summed E-state index contributed by atoms with van der Waals surface area (Å²) in [6.45, 7) is 1.64. The number of benzene rings is 2. The minimum absolute atomic E-state index is 0.0760. The summed E-state index contributed by atoms with van der Waals surface area (Å²) in [5, 5.41) is 8.08. The fraction of sp³-hybridized carbons (Fsp3) is 0.208. The molecule has 0 bridgehead atoms. The van der Waals surface area contributed by atoms with E-state index in [1.54, 1.807) is 36.4 Å². The van der Waals surface area contributed by atoms with Crippen molar-refractivity contribution in [2.45, 2.75) is 18.9 Å². The average Bonchev–Trinajstić information content (AvgIpc) is 3.51. The maximum Gasteiger partial charge on any atom is 0.320 e. The number of halogens is 2. The molecular formula is C24H20F2N4O4. The average molecular weight is 466 g/mol. The summed E-state index contributed by atoms with van der Waals surface area (Å²) >= 11 is 0. The maximum absolute atomic E-state index is 14.2. The maximum atomic E-state index is 14.2. The van der Waals surface area contributed by atoms with Crippen LogP contribution < -0.4 is 25.4 Å². The predicted octanol–water partition coefficient (Wildman–Crippen LogP) is 4.41. The number of aromatic nitrogens is 1. The van der Waals surface area contributed by atoms with Crippen LogP contribution in [0.4, 0.5) is 25.1 Å². The number of hydrogen-bond donors (Lipinski definition) is 3. The molecule has 1 fully saturated rings. The molecule has 8 nitrogen and oxygen atoms in total. The van der Waals surface area contributed by atoms with Crippen molar-refractivity contribution in [3.05, 3.63) is 71.9 Å². The Morgan fingerprint density at radius 3 is 2.44 bits per heavy atom. The Labute approximate surface area is 193 Å². The van der Waals surface area contributed by atoms with Crippen LogP contribution in [0.2, 0.25) is 0 Å². The van der Waals surface area contributed by atoms with Gasteiger partial charge in [0.1, 0.15) is 23.1 Å². The van der Waals surface area contributed by atoms with Crippen LogP contribution >= 0.6 is 0 Å². The SMILES string of the molecule is CC(=O)Nc1ccc(Oc2ccc(NC(=O)N[C@@H]3[C@H]4COc5c(F)ccc(F)c5[C@H]43)nc2)cc1. The molecule has 0 unspecified atom stereocenters. The van der Waals surface area contributed by atoms with E-state index in [4.69, 9.17) is 9.47 Å². The van der Waals surface area contributed by atoms with E-state index in [9.17, 15) is 18.4 Å². The van der Waals surface area contributed by atoms with E-state index in [1.165, 1.54) is 13.1 Å². The van der Waals surface area contributed by atoms with Crippen LogP contribution in [0.1, 0.15) is 18.4 Å². The number of urea groups is 1. The van der Waals surface area contributed by atoms with Crippen molar-refractivity contribution in [3.8, 4) is 17.2 Å². The molecule has 34 heavy (non-hydrogen) atoms. The van der Waals surface area contributed by atoms with Gasteiger partial charge in [0.2, 0.25) is 5.91 Å². The van der Waals surface area contributed by atoms with Crippen molar-refractivity contribution in [3.63, 3.8) is 0 Å². The first-order valence-corrected chi connectivity index (χ1v) is 10.6. The number of pyridine rings is 1. The summed E-state index contributed by atoms with van der Waals surface area (Å²) in [4.78, 5) is 27.7. The first kappa shape index (κ1) is 21.6. The first-order valence-electron chi connectivity index (χ1n) is 10.6. The smallest absolute Gasteiger partial charge is 0.320 e. The first-order chi connectivity index (χ1) is 16.4. The molecule has 1 aliphatic heterocycles. The zero-order chi connectivity index (χ0) is 23.8. The van der Waals surface area contributed by atoms with Gasteiger partial charge in [-0.25, -0.2) is 18.6 Å². The molecule has 3 aromatic rings. The Bertz CT molecular complexity index is 1250. The van der Waals surface area contributed by atoms with Crippen LogP contribution in [0.25, 0.3) is 0 Å². The Morgan fingerprint density at radius 2 is 1.74 bits per heavy atom. The third-order valence-electron chi connectivity index (χ3n) is 5.70. The quantitative estimate of drug-likeness (QED) is 0.517. The molecule has 3 N–H and O–H groups in total. The number of ether oxygens (including phenoxy) is 2. The largest absolute Gasteiger partial charge is 0.490 e. The number of anilines is 2. The number of rotatable bonds is 5. The van der Waals surface area contributed by atoms with Gasteiger partial charge in [-0.1, -0.05) is 0 Å². The van der Waals surface area contributed by atoms with E-state index in [0.717, 1.165) is 12.1 Å².